The van der Waals surface area contributed by atoms with Crippen LogP contribution in [0.5, 0.6) is 0 Å². The van der Waals surface area contributed by atoms with Gasteiger partial charge in [0, 0.05) is 12.8 Å². The van der Waals surface area contributed by atoms with E-state index in [2.05, 4.69) is 19.2 Å². The van der Waals surface area contributed by atoms with Gasteiger partial charge >= 0.3 is 0 Å². The topological polar surface area (TPSA) is 14.1 Å². The van der Waals surface area contributed by atoms with Crippen molar-refractivity contribution in [2.75, 3.05) is 13.1 Å². The largest absolute Gasteiger partial charge is 0.183 e. The number of hydrogen-bond donors (Lipinski definition) is 0. The fourth-order valence-corrected chi connectivity index (χ4v) is 0.652. The summed E-state index contributed by atoms with van der Waals surface area (Å²) in [7, 11) is 0. The third kappa shape index (κ3) is 7.96. The van der Waals surface area contributed by atoms with E-state index in [4.69, 9.17) is 0 Å². The minimum atomic E-state index is 1.08. The Morgan fingerprint density at radius 3 is 1.67 bits per heavy atom. The van der Waals surface area contributed by atoms with Crippen LogP contribution >= 0.6 is 0 Å². The molecular formula is C8H18N+. The zero-order chi connectivity index (χ0) is 6.95. The van der Waals surface area contributed by atoms with Crippen molar-refractivity contribution in [3.63, 3.8) is 0 Å². The lowest BCUT2D eigenvalue weighted by molar-refractivity contribution is 0.601. The van der Waals surface area contributed by atoms with Crippen molar-refractivity contribution in [3.05, 3.63) is 0 Å². The Kier molecular flexibility index (Phi) is 7.92. The van der Waals surface area contributed by atoms with Crippen LogP contribution in [0.3, 0.4) is 0 Å². The average molecular weight is 128 g/mol. The van der Waals surface area contributed by atoms with E-state index in [0.29, 0.717) is 0 Å². The van der Waals surface area contributed by atoms with Crippen molar-refractivity contribution in [1.29, 1.82) is 0 Å². The molecule has 0 aliphatic rings. The summed E-state index contributed by atoms with van der Waals surface area (Å²) < 4.78 is 0. The molecule has 1 nitrogen and oxygen atoms in total. The third-order valence-electron chi connectivity index (χ3n) is 1.34. The van der Waals surface area contributed by atoms with Gasteiger partial charge in [0.25, 0.3) is 0 Å². The highest BCUT2D eigenvalue weighted by atomic mass is 14.8. The molecule has 0 atom stereocenters. The van der Waals surface area contributed by atoms with E-state index in [1.54, 1.807) is 0 Å². The van der Waals surface area contributed by atoms with Crippen LogP contribution in [0, 0.1) is 0 Å². The van der Waals surface area contributed by atoms with E-state index in [1.807, 2.05) is 0 Å². The Bertz CT molecular complexity index is 37.8. The zero-order valence-corrected chi connectivity index (χ0v) is 6.69. The maximum Gasteiger partial charge on any atom is 0.183 e. The molecule has 0 heterocycles. The molecule has 0 rings (SSSR count). The van der Waals surface area contributed by atoms with Gasteiger partial charge in [0.15, 0.2) is 13.1 Å². The van der Waals surface area contributed by atoms with Crippen molar-refractivity contribution in [3.8, 4) is 0 Å². The standard InChI is InChI=1S/C8H18N/c1-3-5-7-9-8-6-4-2/h3-8H2,1-2H3/q+1. The highest BCUT2D eigenvalue weighted by Crippen LogP contribution is 1.86. The van der Waals surface area contributed by atoms with E-state index >= 15 is 0 Å². The minimum Gasteiger partial charge on any atom is -0.0652 e. The Labute approximate surface area is 58.8 Å². The molecule has 1 heteroatoms. The molecule has 0 amide bonds. The maximum atomic E-state index is 4.35. The first-order valence-corrected chi connectivity index (χ1v) is 4.05. The summed E-state index contributed by atoms with van der Waals surface area (Å²) in [6.45, 7) is 6.57. The van der Waals surface area contributed by atoms with Crippen LogP contribution in [-0.2, 0) is 0 Å². The number of rotatable bonds is 6. The molecule has 0 aliphatic carbocycles. The van der Waals surface area contributed by atoms with Crippen LogP contribution in [0.4, 0.5) is 0 Å². The predicted molar refractivity (Wildman–Crippen MR) is 41.7 cm³/mol. The summed E-state index contributed by atoms with van der Waals surface area (Å²) in [5, 5.41) is 4.35. The van der Waals surface area contributed by atoms with Crippen molar-refractivity contribution in [2.45, 2.75) is 39.5 Å². The van der Waals surface area contributed by atoms with Crippen LogP contribution in [0.15, 0.2) is 0 Å². The summed E-state index contributed by atoms with van der Waals surface area (Å²) in [4.78, 5) is 0. The van der Waals surface area contributed by atoms with Crippen molar-refractivity contribution < 1.29 is 0 Å². The quantitative estimate of drug-likeness (QED) is 0.487. The second-order valence-corrected chi connectivity index (χ2v) is 2.38. The van der Waals surface area contributed by atoms with Gasteiger partial charge < -0.3 is 0 Å². The van der Waals surface area contributed by atoms with Crippen LogP contribution in [0.2, 0.25) is 0 Å². The first kappa shape index (κ1) is 8.96. The van der Waals surface area contributed by atoms with Gasteiger partial charge in [-0.2, -0.15) is 0 Å². The van der Waals surface area contributed by atoms with E-state index < -0.39 is 0 Å². The smallest absolute Gasteiger partial charge is 0.0652 e. The fraction of sp³-hybridized carbons (Fsp3) is 1.00. The van der Waals surface area contributed by atoms with Gasteiger partial charge in [0.1, 0.15) is 0 Å². The molecule has 2 radical (unpaired) electrons. The first-order valence-electron chi connectivity index (χ1n) is 4.05. The van der Waals surface area contributed by atoms with Crippen LogP contribution < -0.4 is 5.32 Å². The summed E-state index contributed by atoms with van der Waals surface area (Å²) in [5.41, 5.74) is 0. The van der Waals surface area contributed by atoms with Crippen molar-refractivity contribution in [1.82, 2.24) is 5.32 Å². The predicted octanol–water partition coefficient (Wildman–Crippen LogP) is 2.19. The summed E-state index contributed by atoms with van der Waals surface area (Å²) in [5.74, 6) is 0. The number of hydrogen-bond acceptors (Lipinski definition) is 0. The lowest BCUT2D eigenvalue weighted by Crippen LogP contribution is -2.07. The van der Waals surface area contributed by atoms with Crippen molar-refractivity contribution >= 4 is 0 Å². The fourth-order valence-electron chi connectivity index (χ4n) is 0.652. The molecule has 0 aliphatic heterocycles. The molecule has 0 bridgehead atoms. The van der Waals surface area contributed by atoms with Gasteiger partial charge in [-0.3, -0.25) is 0 Å². The lowest BCUT2D eigenvalue weighted by Gasteiger charge is -1.84. The monoisotopic (exact) mass is 128 g/mol. The molecule has 0 saturated heterocycles. The van der Waals surface area contributed by atoms with E-state index in [0.717, 1.165) is 13.1 Å². The van der Waals surface area contributed by atoms with Gasteiger partial charge in [-0.15, -0.1) is 0 Å². The molecule has 54 valence electrons. The van der Waals surface area contributed by atoms with E-state index in [9.17, 15) is 0 Å². The lowest BCUT2D eigenvalue weighted by atomic mass is 10.3. The van der Waals surface area contributed by atoms with Gasteiger partial charge in [-0.1, -0.05) is 26.7 Å². The molecular weight excluding hydrogens is 110 g/mol. The molecule has 0 unspecified atom stereocenters. The highest BCUT2D eigenvalue weighted by molar-refractivity contribution is 4.44. The second kappa shape index (κ2) is 7.96. The van der Waals surface area contributed by atoms with Gasteiger partial charge in [0.2, 0.25) is 0 Å². The maximum absolute atomic E-state index is 4.35. The first-order chi connectivity index (χ1) is 4.41. The molecule has 0 aromatic rings. The van der Waals surface area contributed by atoms with Crippen molar-refractivity contribution in [2.24, 2.45) is 0 Å². The van der Waals surface area contributed by atoms with Gasteiger partial charge in [-0.05, 0) is 0 Å². The summed E-state index contributed by atoms with van der Waals surface area (Å²) in [6, 6.07) is 0. The van der Waals surface area contributed by atoms with E-state index in [-0.39, 0.29) is 0 Å². The molecule has 0 aromatic heterocycles. The summed E-state index contributed by atoms with van der Waals surface area (Å²) >= 11 is 0. The Balaban J connectivity index is 2.60. The Morgan fingerprint density at radius 1 is 0.889 bits per heavy atom. The SMILES string of the molecule is CCCC[N+]CCCC. The minimum absolute atomic E-state index is 1.08. The highest BCUT2D eigenvalue weighted by Gasteiger charge is 1.98. The summed E-state index contributed by atoms with van der Waals surface area (Å²) in [6.07, 6.45) is 5.08. The van der Waals surface area contributed by atoms with Gasteiger partial charge in [0.05, 0.1) is 5.32 Å². The van der Waals surface area contributed by atoms with Crippen LogP contribution in [0.1, 0.15) is 39.5 Å². The molecule has 0 fully saturated rings. The van der Waals surface area contributed by atoms with Crippen LogP contribution in [-0.4, -0.2) is 13.1 Å². The molecule has 9 heavy (non-hydrogen) atoms. The Hall–Kier alpha value is -0.0400. The number of nitrogens with zero attached hydrogens (tertiary/aromatic N) is 1. The molecule has 0 N–H and O–H groups in total. The Morgan fingerprint density at radius 2 is 1.33 bits per heavy atom. The van der Waals surface area contributed by atoms with Crippen LogP contribution in [0.25, 0.3) is 0 Å². The number of unbranched alkanes of at least 4 members (excludes halogenated alkanes) is 2. The molecule has 0 spiro atoms. The normalized spacial score (nSPS) is 10.0. The zero-order valence-electron chi connectivity index (χ0n) is 6.69. The van der Waals surface area contributed by atoms with Gasteiger partial charge in [-0.25, -0.2) is 0 Å². The van der Waals surface area contributed by atoms with E-state index in [1.165, 1.54) is 25.7 Å². The molecule has 0 saturated carbocycles. The third-order valence-corrected chi connectivity index (χ3v) is 1.34. The second-order valence-electron chi connectivity index (χ2n) is 2.38. The molecule has 0 aromatic carbocycles. The average Bonchev–Trinajstić information content (AvgIpc) is 1.89.